The van der Waals surface area contributed by atoms with Crippen LogP contribution in [0, 0.1) is 18.6 Å². The van der Waals surface area contributed by atoms with Crippen molar-refractivity contribution in [2.45, 2.75) is 18.5 Å². The van der Waals surface area contributed by atoms with Gasteiger partial charge in [-0.3, -0.25) is 0 Å². The molecule has 0 amide bonds. The first-order valence-electron chi connectivity index (χ1n) is 7.64. The highest BCUT2D eigenvalue weighted by molar-refractivity contribution is 7.90. The molecular formula is C18H13ClF3NO3S. The first-order valence-corrected chi connectivity index (χ1v) is 9.91. The summed E-state index contributed by atoms with van der Waals surface area (Å²) in [7, 11) is -3.97. The van der Waals surface area contributed by atoms with Crippen molar-refractivity contribution in [1.29, 1.82) is 0 Å². The highest BCUT2D eigenvalue weighted by Gasteiger charge is 2.27. The lowest BCUT2D eigenvalue weighted by atomic mass is 9.98. The molecule has 0 bridgehead atoms. The summed E-state index contributed by atoms with van der Waals surface area (Å²) in [5.74, 6) is -3.27. The lowest BCUT2D eigenvalue weighted by Crippen LogP contribution is -2.04. The number of rotatable bonds is 4. The first-order chi connectivity index (χ1) is 12.6. The van der Waals surface area contributed by atoms with E-state index in [0.717, 1.165) is 18.4 Å². The Morgan fingerprint density at radius 1 is 1.15 bits per heavy atom. The van der Waals surface area contributed by atoms with Crippen molar-refractivity contribution in [1.82, 2.24) is 5.16 Å². The molecule has 3 rings (SSSR count). The number of benzene rings is 2. The summed E-state index contributed by atoms with van der Waals surface area (Å²) >= 11 is 5.99. The highest BCUT2D eigenvalue weighted by atomic mass is 35.5. The predicted molar refractivity (Wildman–Crippen MR) is 95.0 cm³/mol. The molecule has 0 saturated carbocycles. The first kappa shape index (κ1) is 19.4. The van der Waals surface area contributed by atoms with E-state index in [9.17, 15) is 21.6 Å². The second-order valence-corrected chi connectivity index (χ2v) is 8.33. The van der Waals surface area contributed by atoms with E-state index in [1.54, 1.807) is 25.1 Å². The molecule has 27 heavy (non-hydrogen) atoms. The van der Waals surface area contributed by atoms with Gasteiger partial charge < -0.3 is 4.52 Å². The summed E-state index contributed by atoms with van der Waals surface area (Å²) in [6, 6.07) is 6.80. The number of hydrogen-bond donors (Lipinski definition) is 0. The Labute approximate surface area is 158 Å². The fourth-order valence-corrected chi connectivity index (χ4v) is 3.54. The van der Waals surface area contributed by atoms with Crippen LogP contribution in [0.4, 0.5) is 13.2 Å². The topological polar surface area (TPSA) is 60.2 Å². The fourth-order valence-electron chi connectivity index (χ4n) is 2.69. The Bertz CT molecular complexity index is 1140. The largest absolute Gasteiger partial charge is 0.357 e. The molecule has 0 N–H and O–H groups in total. The van der Waals surface area contributed by atoms with Crippen LogP contribution in [-0.2, 0) is 16.5 Å². The second kappa shape index (κ2) is 7.01. The van der Waals surface area contributed by atoms with E-state index in [-0.39, 0.29) is 22.6 Å². The Hall–Kier alpha value is -2.32. The fraction of sp³-hybridized carbons (Fsp3) is 0.167. The van der Waals surface area contributed by atoms with Gasteiger partial charge in [0.15, 0.2) is 33.9 Å². The number of aryl methyl sites for hydroxylation is 1. The zero-order chi connectivity index (χ0) is 19.9. The highest BCUT2D eigenvalue weighted by Crippen LogP contribution is 2.38. The molecule has 0 saturated heterocycles. The Morgan fingerprint density at radius 3 is 2.44 bits per heavy atom. The third kappa shape index (κ3) is 3.46. The summed E-state index contributed by atoms with van der Waals surface area (Å²) in [4.78, 5) is -0.786. The number of nitrogens with zero attached hydrogens (tertiary/aromatic N) is 1. The van der Waals surface area contributed by atoms with Gasteiger partial charge in [0.2, 0.25) is 0 Å². The standard InChI is InChI=1S/C18H13ClF3NO3S/c1-9-7-10(3-5-12(9)19)18-15(13(8-20)26-23-18)11-4-6-14(27(2,24)25)17(22)16(11)21/h3-7H,8H2,1-2H3. The van der Waals surface area contributed by atoms with Crippen molar-refractivity contribution in [3.05, 3.63) is 58.3 Å². The van der Waals surface area contributed by atoms with Crippen molar-refractivity contribution in [3.8, 4) is 22.4 Å². The van der Waals surface area contributed by atoms with Crippen LogP contribution >= 0.6 is 11.6 Å². The van der Waals surface area contributed by atoms with E-state index < -0.39 is 33.0 Å². The molecule has 0 aliphatic rings. The van der Waals surface area contributed by atoms with Gasteiger partial charge in [0.05, 0.1) is 5.56 Å². The van der Waals surface area contributed by atoms with Gasteiger partial charge >= 0.3 is 0 Å². The molecule has 0 radical (unpaired) electrons. The summed E-state index contributed by atoms with van der Waals surface area (Å²) in [5, 5.41) is 4.27. The normalized spacial score (nSPS) is 11.8. The smallest absolute Gasteiger partial charge is 0.178 e. The lowest BCUT2D eigenvalue weighted by Gasteiger charge is -2.09. The van der Waals surface area contributed by atoms with E-state index in [4.69, 9.17) is 16.1 Å². The van der Waals surface area contributed by atoms with Crippen molar-refractivity contribution in [3.63, 3.8) is 0 Å². The average molecular weight is 416 g/mol. The van der Waals surface area contributed by atoms with Crippen molar-refractivity contribution in [2.24, 2.45) is 0 Å². The zero-order valence-corrected chi connectivity index (χ0v) is 15.8. The molecule has 1 heterocycles. The van der Waals surface area contributed by atoms with Crippen LogP contribution < -0.4 is 0 Å². The average Bonchev–Trinajstić information content (AvgIpc) is 3.02. The molecular weight excluding hydrogens is 403 g/mol. The van der Waals surface area contributed by atoms with Crippen LogP contribution in [0.25, 0.3) is 22.4 Å². The molecule has 4 nitrogen and oxygen atoms in total. The molecule has 2 aromatic carbocycles. The molecule has 9 heteroatoms. The van der Waals surface area contributed by atoms with Gasteiger partial charge in [0.25, 0.3) is 0 Å². The van der Waals surface area contributed by atoms with Gasteiger partial charge in [-0.2, -0.15) is 0 Å². The van der Waals surface area contributed by atoms with Gasteiger partial charge in [-0.15, -0.1) is 0 Å². The van der Waals surface area contributed by atoms with Crippen LogP contribution in [0.3, 0.4) is 0 Å². The maximum absolute atomic E-state index is 14.7. The monoisotopic (exact) mass is 415 g/mol. The Morgan fingerprint density at radius 2 is 1.85 bits per heavy atom. The minimum Gasteiger partial charge on any atom is -0.357 e. The minimum atomic E-state index is -3.97. The van der Waals surface area contributed by atoms with Crippen molar-refractivity contribution in [2.75, 3.05) is 6.26 Å². The SMILES string of the molecule is Cc1cc(-c2noc(CF)c2-c2ccc(S(C)(=O)=O)c(F)c2F)ccc1Cl. The maximum atomic E-state index is 14.7. The number of sulfone groups is 1. The third-order valence-electron chi connectivity index (χ3n) is 4.03. The van der Waals surface area contributed by atoms with E-state index in [0.29, 0.717) is 16.1 Å². The molecule has 142 valence electrons. The van der Waals surface area contributed by atoms with E-state index >= 15 is 0 Å². The summed E-state index contributed by atoms with van der Waals surface area (Å²) < 4.78 is 70.5. The Balaban J connectivity index is 2.28. The summed E-state index contributed by atoms with van der Waals surface area (Å²) in [6.07, 6.45) is 0.763. The van der Waals surface area contributed by atoms with Crippen LogP contribution in [0.15, 0.2) is 39.8 Å². The molecule has 0 aliphatic carbocycles. The molecule has 0 atom stereocenters. The summed E-state index contributed by atoms with van der Waals surface area (Å²) in [6.45, 7) is 0.632. The zero-order valence-electron chi connectivity index (χ0n) is 14.2. The third-order valence-corrected chi connectivity index (χ3v) is 5.57. The maximum Gasteiger partial charge on any atom is 0.178 e. The minimum absolute atomic E-state index is 0.0873. The van der Waals surface area contributed by atoms with Gasteiger partial charge in [-0.1, -0.05) is 22.8 Å². The molecule has 3 aromatic rings. The second-order valence-electron chi connectivity index (χ2n) is 5.94. The van der Waals surface area contributed by atoms with Crippen LogP contribution in [-0.4, -0.2) is 19.8 Å². The van der Waals surface area contributed by atoms with E-state index in [1.165, 1.54) is 0 Å². The van der Waals surface area contributed by atoms with Crippen molar-refractivity contribution < 1.29 is 26.1 Å². The number of hydrogen-bond acceptors (Lipinski definition) is 4. The molecule has 1 aromatic heterocycles. The van der Waals surface area contributed by atoms with Crippen LogP contribution in [0.2, 0.25) is 5.02 Å². The quantitative estimate of drug-likeness (QED) is 0.593. The summed E-state index contributed by atoms with van der Waals surface area (Å²) in [5.41, 5.74) is 0.811. The molecule has 0 unspecified atom stereocenters. The lowest BCUT2D eigenvalue weighted by molar-refractivity contribution is 0.332. The van der Waals surface area contributed by atoms with Crippen LogP contribution in [0.1, 0.15) is 11.3 Å². The van der Waals surface area contributed by atoms with Crippen LogP contribution in [0.5, 0.6) is 0 Å². The van der Waals surface area contributed by atoms with E-state index in [2.05, 4.69) is 5.16 Å². The molecule has 0 aliphatic heterocycles. The molecule has 0 spiro atoms. The van der Waals surface area contributed by atoms with Gasteiger partial charge in [0.1, 0.15) is 10.6 Å². The van der Waals surface area contributed by atoms with Gasteiger partial charge in [-0.25, -0.2) is 21.6 Å². The van der Waals surface area contributed by atoms with E-state index in [1.807, 2.05) is 0 Å². The molecule has 0 fully saturated rings. The van der Waals surface area contributed by atoms with Crippen molar-refractivity contribution >= 4 is 21.4 Å². The Kier molecular flexibility index (Phi) is 5.05. The predicted octanol–water partition coefficient (Wildman–Crippen LogP) is 5.12. The number of halogens is 4. The number of alkyl halides is 1. The number of aromatic nitrogens is 1. The van der Waals surface area contributed by atoms with Gasteiger partial charge in [0, 0.05) is 22.4 Å². The van der Waals surface area contributed by atoms with Gasteiger partial charge in [-0.05, 0) is 36.8 Å².